The molecular formula is C26H27FN4O3. The van der Waals surface area contributed by atoms with Crippen molar-refractivity contribution in [1.82, 2.24) is 14.8 Å². The van der Waals surface area contributed by atoms with Gasteiger partial charge in [0.05, 0.1) is 35.1 Å². The van der Waals surface area contributed by atoms with Crippen LogP contribution < -0.4 is 10.1 Å². The number of methoxy groups -OCH3 is 1. The number of fused-ring (bicyclic) bond motifs is 1. The number of rotatable bonds is 8. The average molecular weight is 463 g/mol. The molecule has 4 aromatic rings. The molecule has 0 radical (unpaired) electrons. The minimum Gasteiger partial charge on any atom is -0.489 e. The number of benzene rings is 2. The molecule has 0 bridgehead atoms. The zero-order valence-electron chi connectivity index (χ0n) is 19.6. The van der Waals surface area contributed by atoms with Crippen LogP contribution in [0.25, 0.3) is 22.3 Å². The number of hydrogen-bond acceptors (Lipinski definition) is 5. The van der Waals surface area contributed by atoms with Crippen LogP contribution in [-0.2, 0) is 4.74 Å². The smallest absolute Gasteiger partial charge is 0.256 e. The number of aryl methyl sites for hydroxylation is 1. The van der Waals surface area contributed by atoms with E-state index >= 15 is 0 Å². The number of nitrogens with zero attached hydrogens (tertiary/aromatic N) is 3. The van der Waals surface area contributed by atoms with E-state index in [0.29, 0.717) is 34.6 Å². The van der Waals surface area contributed by atoms with Crippen LogP contribution in [0.5, 0.6) is 5.75 Å². The Labute approximate surface area is 197 Å². The molecule has 0 spiro atoms. The van der Waals surface area contributed by atoms with Gasteiger partial charge in [-0.3, -0.25) is 4.79 Å². The molecule has 176 valence electrons. The van der Waals surface area contributed by atoms with Gasteiger partial charge in [0.2, 0.25) is 0 Å². The topological polar surface area (TPSA) is 78.3 Å². The molecule has 0 aliphatic carbocycles. The van der Waals surface area contributed by atoms with Gasteiger partial charge in [-0.2, -0.15) is 5.10 Å². The number of halogens is 1. The Balaban J connectivity index is 1.79. The molecular weight excluding hydrogens is 435 g/mol. The second-order valence-electron chi connectivity index (χ2n) is 8.23. The van der Waals surface area contributed by atoms with Crippen LogP contribution in [0.4, 0.5) is 10.1 Å². The van der Waals surface area contributed by atoms with Crippen LogP contribution in [0.3, 0.4) is 0 Å². The first-order valence-electron chi connectivity index (χ1n) is 11.1. The van der Waals surface area contributed by atoms with Crippen molar-refractivity contribution in [2.24, 2.45) is 0 Å². The number of amides is 1. The van der Waals surface area contributed by atoms with Crippen molar-refractivity contribution in [1.29, 1.82) is 0 Å². The summed E-state index contributed by atoms with van der Waals surface area (Å²) in [6, 6.07) is 13.7. The van der Waals surface area contributed by atoms with Crippen molar-refractivity contribution in [3.63, 3.8) is 0 Å². The SMILES string of the molecule is COCCOc1ccc(F)cc1NC(=O)c1cc(-c2ccccc2C)nc2c1cnn2C(C)C. The van der Waals surface area contributed by atoms with Crippen LogP contribution in [0.15, 0.2) is 54.7 Å². The first-order valence-corrected chi connectivity index (χ1v) is 11.1. The van der Waals surface area contributed by atoms with Crippen molar-refractivity contribution >= 4 is 22.6 Å². The van der Waals surface area contributed by atoms with Gasteiger partial charge in [0.1, 0.15) is 18.2 Å². The highest BCUT2D eigenvalue weighted by Crippen LogP contribution is 2.30. The lowest BCUT2D eigenvalue weighted by molar-refractivity contribution is 0.102. The summed E-state index contributed by atoms with van der Waals surface area (Å²) >= 11 is 0. The van der Waals surface area contributed by atoms with Crippen LogP contribution in [-0.4, -0.2) is 41.0 Å². The van der Waals surface area contributed by atoms with Crippen molar-refractivity contribution in [2.75, 3.05) is 25.6 Å². The number of carbonyl (C=O) groups excluding carboxylic acids is 1. The maximum Gasteiger partial charge on any atom is 0.256 e. The molecule has 1 N–H and O–H groups in total. The van der Waals surface area contributed by atoms with Gasteiger partial charge in [-0.15, -0.1) is 0 Å². The maximum absolute atomic E-state index is 14.0. The second kappa shape index (κ2) is 10.0. The normalized spacial score (nSPS) is 11.2. The Morgan fingerprint density at radius 3 is 2.68 bits per heavy atom. The monoisotopic (exact) mass is 462 g/mol. The Morgan fingerprint density at radius 2 is 1.94 bits per heavy atom. The van der Waals surface area contributed by atoms with Gasteiger partial charge in [-0.25, -0.2) is 14.1 Å². The minimum absolute atomic E-state index is 0.0528. The lowest BCUT2D eigenvalue weighted by Crippen LogP contribution is -2.15. The molecule has 0 aliphatic rings. The fraction of sp³-hybridized carbons (Fsp3) is 0.269. The highest BCUT2D eigenvalue weighted by molar-refractivity contribution is 6.13. The van der Waals surface area contributed by atoms with Gasteiger partial charge in [-0.1, -0.05) is 24.3 Å². The molecule has 0 unspecified atom stereocenters. The van der Waals surface area contributed by atoms with E-state index in [9.17, 15) is 9.18 Å². The third-order valence-electron chi connectivity index (χ3n) is 5.46. The number of hydrogen-bond donors (Lipinski definition) is 1. The summed E-state index contributed by atoms with van der Waals surface area (Å²) < 4.78 is 26.5. The third-order valence-corrected chi connectivity index (χ3v) is 5.46. The van der Waals surface area contributed by atoms with Gasteiger partial charge < -0.3 is 14.8 Å². The molecule has 0 saturated carbocycles. The zero-order valence-corrected chi connectivity index (χ0v) is 19.6. The quantitative estimate of drug-likeness (QED) is 0.355. The van der Waals surface area contributed by atoms with Crippen molar-refractivity contribution < 1.29 is 18.7 Å². The highest BCUT2D eigenvalue weighted by Gasteiger charge is 2.20. The molecule has 34 heavy (non-hydrogen) atoms. The summed E-state index contributed by atoms with van der Waals surface area (Å²) in [5, 5.41) is 7.88. The fourth-order valence-corrected chi connectivity index (χ4v) is 3.73. The molecule has 0 aliphatic heterocycles. The molecule has 0 fully saturated rings. The van der Waals surface area contributed by atoms with E-state index < -0.39 is 11.7 Å². The summed E-state index contributed by atoms with van der Waals surface area (Å²) in [4.78, 5) is 18.3. The second-order valence-corrected chi connectivity index (χ2v) is 8.23. The Morgan fingerprint density at radius 1 is 1.15 bits per heavy atom. The van der Waals surface area contributed by atoms with Crippen LogP contribution in [0, 0.1) is 12.7 Å². The van der Waals surface area contributed by atoms with Crippen LogP contribution >= 0.6 is 0 Å². The summed E-state index contributed by atoms with van der Waals surface area (Å²) in [6.07, 6.45) is 1.64. The summed E-state index contributed by atoms with van der Waals surface area (Å²) in [5.74, 6) is -0.538. The van der Waals surface area contributed by atoms with Gasteiger partial charge in [0, 0.05) is 24.8 Å². The van der Waals surface area contributed by atoms with E-state index in [4.69, 9.17) is 14.5 Å². The standard InChI is InChI=1S/C26H27FN4O3/c1-16(2)31-25-21(15-28-31)20(14-22(29-25)19-8-6-5-7-17(19)3)26(32)30-23-13-18(27)9-10-24(23)34-12-11-33-4/h5-10,13-16H,11-12H2,1-4H3,(H,30,32). The molecule has 0 atom stereocenters. The lowest BCUT2D eigenvalue weighted by Gasteiger charge is -2.14. The van der Waals surface area contributed by atoms with E-state index in [1.54, 1.807) is 24.1 Å². The summed E-state index contributed by atoms with van der Waals surface area (Å²) in [6.45, 7) is 6.64. The molecule has 2 aromatic heterocycles. The first kappa shape index (κ1) is 23.4. The van der Waals surface area contributed by atoms with Gasteiger partial charge in [0.15, 0.2) is 5.65 Å². The van der Waals surface area contributed by atoms with Gasteiger partial charge in [-0.05, 0) is 44.5 Å². The Kier molecular flexibility index (Phi) is 6.88. The number of pyridine rings is 1. The molecule has 2 heterocycles. The molecule has 1 amide bonds. The average Bonchev–Trinajstić information content (AvgIpc) is 3.24. The van der Waals surface area contributed by atoms with Crippen molar-refractivity contribution in [3.8, 4) is 17.0 Å². The molecule has 0 saturated heterocycles. The van der Waals surface area contributed by atoms with Crippen molar-refractivity contribution in [2.45, 2.75) is 26.8 Å². The van der Waals surface area contributed by atoms with E-state index in [1.165, 1.54) is 18.2 Å². The van der Waals surface area contributed by atoms with E-state index in [-0.39, 0.29) is 18.3 Å². The molecule has 7 nitrogen and oxygen atoms in total. The number of ether oxygens (including phenoxy) is 2. The van der Waals surface area contributed by atoms with Gasteiger partial charge in [0.25, 0.3) is 5.91 Å². The zero-order chi connectivity index (χ0) is 24.2. The largest absolute Gasteiger partial charge is 0.489 e. The van der Waals surface area contributed by atoms with Crippen molar-refractivity contribution in [3.05, 3.63) is 71.7 Å². The number of nitrogens with one attached hydrogen (secondary N) is 1. The first-order chi connectivity index (χ1) is 16.4. The molecule has 4 rings (SSSR count). The van der Waals surface area contributed by atoms with E-state index in [2.05, 4.69) is 10.4 Å². The van der Waals surface area contributed by atoms with Crippen LogP contribution in [0.2, 0.25) is 0 Å². The minimum atomic E-state index is -0.484. The molecule has 8 heteroatoms. The third kappa shape index (κ3) is 4.77. The predicted octanol–water partition coefficient (Wildman–Crippen LogP) is 5.40. The Bertz CT molecular complexity index is 1330. The summed E-state index contributed by atoms with van der Waals surface area (Å²) in [5.41, 5.74) is 3.85. The Hall–Kier alpha value is -3.78. The maximum atomic E-state index is 14.0. The fourth-order valence-electron chi connectivity index (χ4n) is 3.73. The summed E-state index contributed by atoms with van der Waals surface area (Å²) in [7, 11) is 1.56. The van der Waals surface area contributed by atoms with E-state index in [1.807, 2.05) is 45.0 Å². The number of aromatic nitrogens is 3. The number of anilines is 1. The number of carbonyl (C=O) groups is 1. The predicted molar refractivity (Wildman–Crippen MR) is 130 cm³/mol. The highest BCUT2D eigenvalue weighted by atomic mass is 19.1. The van der Waals surface area contributed by atoms with Gasteiger partial charge >= 0.3 is 0 Å². The lowest BCUT2D eigenvalue weighted by atomic mass is 10.0. The van der Waals surface area contributed by atoms with Crippen LogP contribution in [0.1, 0.15) is 35.8 Å². The van der Waals surface area contributed by atoms with E-state index in [0.717, 1.165) is 11.1 Å². The molecule has 2 aromatic carbocycles.